The summed E-state index contributed by atoms with van der Waals surface area (Å²) in [4.78, 5) is 0. The minimum atomic E-state index is -1.19. The second-order valence-corrected chi connectivity index (χ2v) is 6.16. The van der Waals surface area contributed by atoms with Gasteiger partial charge in [-0.2, -0.15) is 0 Å². The monoisotopic (exact) mass is 310 g/mol. The molecule has 0 amide bonds. The van der Waals surface area contributed by atoms with Gasteiger partial charge < -0.3 is 29.2 Å². The summed E-state index contributed by atoms with van der Waals surface area (Å²) in [5.74, 6) is -2.06. The highest BCUT2D eigenvalue weighted by atomic mass is 16.9. The van der Waals surface area contributed by atoms with Crippen molar-refractivity contribution in [2.75, 3.05) is 13.2 Å². The van der Waals surface area contributed by atoms with Gasteiger partial charge in [-0.25, -0.2) is 0 Å². The molecule has 2 fully saturated rings. The van der Waals surface area contributed by atoms with Crippen molar-refractivity contribution in [3.05, 3.63) is 35.9 Å². The summed E-state index contributed by atoms with van der Waals surface area (Å²) < 4.78 is 23.1. The topological polar surface area (TPSA) is 77.4 Å². The summed E-state index contributed by atoms with van der Waals surface area (Å²) in [7, 11) is 0. The van der Waals surface area contributed by atoms with Crippen molar-refractivity contribution in [1.29, 1.82) is 0 Å². The highest BCUT2D eigenvalue weighted by molar-refractivity contribution is 5.13. The predicted molar refractivity (Wildman–Crippen MR) is 76.8 cm³/mol. The Labute approximate surface area is 129 Å². The summed E-state index contributed by atoms with van der Waals surface area (Å²) in [5, 5.41) is 19.5. The molecule has 1 aromatic rings. The predicted octanol–water partition coefficient (Wildman–Crippen LogP) is 0.803. The van der Waals surface area contributed by atoms with E-state index in [2.05, 4.69) is 0 Å². The van der Waals surface area contributed by atoms with E-state index in [4.69, 9.17) is 18.9 Å². The molecule has 0 aliphatic carbocycles. The molecule has 2 heterocycles. The van der Waals surface area contributed by atoms with E-state index < -0.39 is 29.9 Å². The Morgan fingerprint density at radius 1 is 1.18 bits per heavy atom. The van der Waals surface area contributed by atoms with E-state index in [1.54, 1.807) is 13.8 Å². The molecule has 0 bridgehead atoms. The third-order valence-electron chi connectivity index (χ3n) is 3.90. The zero-order valence-corrected chi connectivity index (χ0v) is 12.8. The van der Waals surface area contributed by atoms with Gasteiger partial charge in [0.25, 0.3) is 0 Å². The molecule has 0 radical (unpaired) electrons. The highest BCUT2D eigenvalue weighted by Crippen LogP contribution is 2.45. The summed E-state index contributed by atoms with van der Waals surface area (Å²) in [6.07, 6.45) is -2.37. The maximum atomic E-state index is 10.2. The van der Waals surface area contributed by atoms with Crippen LogP contribution in [0.3, 0.4) is 0 Å². The molecule has 4 atom stereocenters. The van der Waals surface area contributed by atoms with E-state index in [1.165, 1.54) is 0 Å². The van der Waals surface area contributed by atoms with Gasteiger partial charge >= 0.3 is 0 Å². The minimum absolute atomic E-state index is 0.115. The number of ether oxygens (including phenoxy) is 4. The first-order valence-electron chi connectivity index (χ1n) is 7.42. The molecule has 0 spiro atoms. The maximum Gasteiger partial charge on any atom is 0.224 e. The molecule has 2 aliphatic rings. The summed E-state index contributed by atoms with van der Waals surface area (Å²) in [6.45, 7) is 3.74. The van der Waals surface area contributed by atoms with E-state index in [0.717, 1.165) is 5.56 Å². The normalized spacial score (nSPS) is 36.5. The van der Waals surface area contributed by atoms with Crippen LogP contribution in [-0.4, -0.2) is 53.3 Å². The van der Waals surface area contributed by atoms with Crippen LogP contribution >= 0.6 is 0 Å². The van der Waals surface area contributed by atoms with Gasteiger partial charge in [0.15, 0.2) is 5.79 Å². The summed E-state index contributed by atoms with van der Waals surface area (Å²) in [5.41, 5.74) is 1.03. The van der Waals surface area contributed by atoms with Gasteiger partial charge in [-0.05, 0) is 19.4 Å². The Bertz CT molecular complexity index is 505. The SMILES string of the molecule is CC1(C)O[C@H]2[C@H](O)[C@H](CO)O[C@@]2(COCc2ccccc2)O1. The van der Waals surface area contributed by atoms with Gasteiger partial charge in [0.05, 0.1) is 13.2 Å². The van der Waals surface area contributed by atoms with Crippen LogP contribution in [-0.2, 0) is 25.6 Å². The van der Waals surface area contributed by atoms with Crippen LogP contribution < -0.4 is 0 Å². The van der Waals surface area contributed by atoms with Crippen molar-refractivity contribution in [2.24, 2.45) is 0 Å². The molecule has 0 aromatic heterocycles. The van der Waals surface area contributed by atoms with Gasteiger partial charge in [0, 0.05) is 0 Å². The van der Waals surface area contributed by atoms with Gasteiger partial charge in [-0.3, -0.25) is 0 Å². The first kappa shape index (κ1) is 15.9. The standard InChI is InChI=1S/C16H22O6/c1-15(2)21-14-13(18)12(8-17)20-16(14,22-15)10-19-9-11-6-4-3-5-7-11/h3-7,12-14,17-18H,8-10H2,1-2H3/t12-,13+,14-,16-/m0/s1. The molecule has 6 heteroatoms. The van der Waals surface area contributed by atoms with Crippen LogP contribution in [0, 0.1) is 0 Å². The molecule has 2 N–H and O–H groups in total. The van der Waals surface area contributed by atoms with E-state index in [0.29, 0.717) is 6.61 Å². The van der Waals surface area contributed by atoms with Crippen LogP contribution in [0.4, 0.5) is 0 Å². The molecule has 0 saturated carbocycles. The molecule has 122 valence electrons. The van der Waals surface area contributed by atoms with E-state index in [1.807, 2.05) is 30.3 Å². The largest absolute Gasteiger partial charge is 0.394 e. The zero-order valence-electron chi connectivity index (χ0n) is 12.8. The summed E-state index contributed by atoms with van der Waals surface area (Å²) >= 11 is 0. The number of rotatable bonds is 5. The first-order chi connectivity index (χ1) is 10.5. The number of benzene rings is 1. The van der Waals surface area contributed by atoms with Crippen molar-refractivity contribution < 1.29 is 29.2 Å². The van der Waals surface area contributed by atoms with Gasteiger partial charge in [0.2, 0.25) is 5.79 Å². The number of hydrogen-bond acceptors (Lipinski definition) is 6. The van der Waals surface area contributed by atoms with Crippen molar-refractivity contribution in [3.63, 3.8) is 0 Å². The highest BCUT2D eigenvalue weighted by Gasteiger charge is 2.64. The van der Waals surface area contributed by atoms with Crippen molar-refractivity contribution in [2.45, 2.75) is 50.3 Å². The Kier molecular flexibility index (Phi) is 4.24. The second-order valence-electron chi connectivity index (χ2n) is 6.16. The molecule has 2 saturated heterocycles. The lowest BCUT2D eigenvalue weighted by atomic mass is 10.1. The fourth-order valence-corrected chi connectivity index (χ4v) is 3.01. The smallest absolute Gasteiger partial charge is 0.224 e. The van der Waals surface area contributed by atoms with Crippen LogP contribution in [0.5, 0.6) is 0 Å². The quantitative estimate of drug-likeness (QED) is 0.838. The molecule has 1 aromatic carbocycles. The molecule has 2 aliphatic heterocycles. The Hall–Kier alpha value is -1.02. The van der Waals surface area contributed by atoms with Crippen molar-refractivity contribution in [3.8, 4) is 0 Å². The van der Waals surface area contributed by atoms with E-state index in [9.17, 15) is 10.2 Å². The zero-order chi connectivity index (χ0) is 15.8. The Balaban J connectivity index is 1.68. The second kappa shape index (κ2) is 5.88. The molecule has 3 rings (SSSR count). The van der Waals surface area contributed by atoms with E-state index in [-0.39, 0.29) is 13.2 Å². The molecule has 22 heavy (non-hydrogen) atoms. The number of aliphatic hydroxyl groups excluding tert-OH is 2. The molecular formula is C16H22O6. The average Bonchev–Trinajstić information content (AvgIpc) is 2.89. The van der Waals surface area contributed by atoms with Crippen molar-refractivity contribution in [1.82, 2.24) is 0 Å². The van der Waals surface area contributed by atoms with Gasteiger partial charge in [-0.15, -0.1) is 0 Å². The van der Waals surface area contributed by atoms with Crippen LogP contribution in [0.2, 0.25) is 0 Å². The van der Waals surface area contributed by atoms with Crippen molar-refractivity contribution >= 4 is 0 Å². The lowest BCUT2D eigenvalue weighted by Gasteiger charge is -2.28. The molecule has 6 nitrogen and oxygen atoms in total. The number of hydrogen-bond donors (Lipinski definition) is 2. The van der Waals surface area contributed by atoms with Gasteiger partial charge in [0.1, 0.15) is 24.9 Å². The van der Waals surface area contributed by atoms with Gasteiger partial charge in [-0.1, -0.05) is 30.3 Å². The van der Waals surface area contributed by atoms with Crippen LogP contribution in [0.1, 0.15) is 19.4 Å². The molecule has 0 unspecified atom stereocenters. The van der Waals surface area contributed by atoms with Crippen LogP contribution in [0.15, 0.2) is 30.3 Å². The lowest BCUT2D eigenvalue weighted by molar-refractivity contribution is -0.281. The third kappa shape index (κ3) is 2.90. The van der Waals surface area contributed by atoms with E-state index >= 15 is 0 Å². The Morgan fingerprint density at radius 2 is 1.91 bits per heavy atom. The fraction of sp³-hybridized carbons (Fsp3) is 0.625. The Morgan fingerprint density at radius 3 is 2.59 bits per heavy atom. The maximum absolute atomic E-state index is 10.2. The first-order valence-corrected chi connectivity index (χ1v) is 7.42. The fourth-order valence-electron chi connectivity index (χ4n) is 3.01. The summed E-state index contributed by atoms with van der Waals surface area (Å²) in [6, 6.07) is 9.75. The average molecular weight is 310 g/mol. The number of aliphatic hydroxyl groups is 2. The molecular weight excluding hydrogens is 288 g/mol. The van der Waals surface area contributed by atoms with Crippen LogP contribution in [0.25, 0.3) is 0 Å². The third-order valence-corrected chi connectivity index (χ3v) is 3.90. The number of fused-ring (bicyclic) bond motifs is 1. The minimum Gasteiger partial charge on any atom is -0.394 e. The lowest BCUT2D eigenvalue weighted by Crippen LogP contribution is -2.44.